The topological polar surface area (TPSA) is 150 Å². The van der Waals surface area contributed by atoms with Crippen LogP contribution in [-0.2, 0) is 17.1 Å². The molecule has 0 spiro atoms. The zero-order valence-electron chi connectivity index (χ0n) is 19.9. The summed E-state index contributed by atoms with van der Waals surface area (Å²) in [6.45, 7) is 0.174. The van der Waals surface area contributed by atoms with Crippen LogP contribution in [0, 0.1) is 0 Å². The van der Waals surface area contributed by atoms with E-state index in [4.69, 9.17) is 19.3 Å². The number of methoxy groups -OCH3 is 2. The molecule has 0 saturated heterocycles. The van der Waals surface area contributed by atoms with Gasteiger partial charge in [-0.1, -0.05) is 12.1 Å². The van der Waals surface area contributed by atoms with Gasteiger partial charge < -0.3 is 24.6 Å². The second-order valence-electron chi connectivity index (χ2n) is 7.60. The van der Waals surface area contributed by atoms with Crippen molar-refractivity contribution < 1.29 is 27.7 Å². The quantitative estimate of drug-likeness (QED) is 0.255. The summed E-state index contributed by atoms with van der Waals surface area (Å²) in [6, 6.07) is 11.8. The molecule has 0 fully saturated rings. The van der Waals surface area contributed by atoms with Gasteiger partial charge in [-0.3, -0.25) is 9.40 Å². The molecule has 0 amide bonds. The minimum absolute atomic E-state index is 0.0394. The largest absolute Gasteiger partial charge is 0.497 e. The maximum Gasteiger partial charge on any atom is 0.282 e. The molecule has 4 rings (SSSR count). The first-order valence-electron chi connectivity index (χ1n) is 10.9. The first-order valence-corrected chi connectivity index (χ1v) is 12.4. The first kappa shape index (κ1) is 25.0. The van der Waals surface area contributed by atoms with Crippen molar-refractivity contribution in [2.45, 2.75) is 11.4 Å². The number of hydrogen-bond acceptors (Lipinski definition) is 10. The van der Waals surface area contributed by atoms with Crippen LogP contribution in [0.25, 0.3) is 11.0 Å². The number of nitrogens with one attached hydrogen (secondary N) is 2. The van der Waals surface area contributed by atoms with Crippen LogP contribution >= 0.6 is 0 Å². The second kappa shape index (κ2) is 10.7. The highest BCUT2D eigenvalue weighted by atomic mass is 32.2. The van der Waals surface area contributed by atoms with Gasteiger partial charge in [0.1, 0.15) is 5.75 Å². The highest BCUT2D eigenvalue weighted by molar-refractivity contribution is 7.92. The van der Waals surface area contributed by atoms with Crippen LogP contribution in [0.1, 0.15) is 6.42 Å². The molecule has 190 valence electrons. The van der Waals surface area contributed by atoms with Crippen LogP contribution in [0.15, 0.2) is 53.7 Å². The summed E-state index contributed by atoms with van der Waals surface area (Å²) in [6.07, 6.45) is 1.93. The van der Waals surface area contributed by atoms with Crippen molar-refractivity contribution in [3.05, 3.63) is 48.7 Å². The highest BCUT2D eigenvalue weighted by Gasteiger charge is 2.23. The molecule has 13 heteroatoms. The van der Waals surface area contributed by atoms with Crippen molar-refractivity contribution in [3.8, 4) is 17.2 Å². The number of nitrogens with zero attached hydrogens (tertiary/aromatic N) is 4. The number of sulfonamides is 1. The third-order valence-corrected chi connectivity index (χ3v) is 6.28. The Morgan fingerprint density at radius 1 is 1.03 bits per heavy atom. The van der Waals surface area contributed by atoms with Gasteiger partial charge in [-0.05, 0) is 18.2 Å². The molecule has 0 bridgehead atoms. The third kappa shape index (κ3) is 5.42. The Hall–Kier alpha value is -4.10. The van der Waals surface area contributed by atoms with E-state index in [1.807, 2.05) is 0 Å². The van der Waals surface area contributed by atoms with Gasteiger partial charge in [0.15, 0.2) is 28.2 Å². The molecule has 3 N–H and O–H groups in total. The van der Waals surface area contributed by atoms with Gasteiger partial charge in [-0.2, -0.15) is 13.5 Å². The van der Waals surface area contributed by atoms with E-state index < -0.39 is 10.0 Å². The van der Waals surface area contributed by atoms with Crippen molar-refractivity contribution >= 4 is 38.4 Å². The number of hydrogen-bond donors (Lipinski definition) is 3. The van der Waals surface area contributed by atoms with E-state index in [9.17, 15) is 8.42 Å². The van der Waals surface area contributed by atoms with Crippen LogP contribution < -0.4 is 24.2 Å². The van der Waals surface area contributed by atoms with E-state index in [2.05, 4.69) is 25.1 Å². The minimum atomic E-state index is -4.06. The lowest BCUT2D eigenvalue weighted by molar-refractivity contribution is 0.228. The monoisotopic (exact) mass is 514 g/mol. The lowest BCUT2D eigenvalue weighted by atomic mass is 10.2. The van der Waals surface area contributed by atoms with Gasteiger partial charge >= 0.3 is 0 Å². The Morgan fingerprint density at radius 2 is 1.75 bits per heavy atom. The van der Waals surface area contributed by atoms with Crippen LogP contribution in [-0.4, -0.2) is 60.7 Å². The van der Waals surface area contributed by atoms with Gasteiger partial charge in [0.05, 0.1) is 37.5 Å². The number of para-hydroxylation sites is 2. The lowest BCUT2D eigenvalue weighted by Crippen LogP contribution is -2.17. The Balaban J connectivity index is 1.81. The summed E-state index contributed by atoms with van der Waals surface area (Å²) in [7, 11) is 0.552. The molecule has 0 aliphatic heterocycles. The summed E-state index contributed by atoms with van der Waals surface area (Å²) < 4.78 is 46.6. The lowest BCUT2D eigenvalue weighted by Gasteiger charge is -2.19. The Labute approximate surface area is 207 Å². The molecule has 0 radical (unpaired) electrons. The fraction of sp³-hybridized carbons (Fsp3) is 0.261. The van der Waals surface area contributed by atoms with Gasteiger partial charge in [0, 0.05) is 38.4 Å². The Bertz CT molecular complexity index is 1470. The predicted octanol–water partition coefficient (Wildman–Crippen LogP) is 2.69. The van der Waals surface area contributed by atoms with E-state index in [-0.39, 0.29) is 29.9 Å². The number of aromatic nitrogens is 4. The van der Waals surface area contributed by atoms with Crippen LogP contribution in [0.3, 0.4) is 0 Å². The molecule has 0 unspecified atom stereocenters. The van der Waals surface area contributed by atoms with E-state index in [1.165, 1.54) is 31.2 Å². The summed E-state index contributed by atoms with van der Waals surface area (Å²) in [5, 5.41) is 16.1. The molecule has 0 saturated carbocycles. The smallest absolute Gasteiger partial charge is 0.282 e. The van der Waals surface area contributed by atoms with Crippen molar-refractivity contribution in [2.75, 3.05) is 37.5 Å². The van der Waals surface area contributed by atoms with Crippen molar-refractivity contribution in [1.29, 1.82) is 0 Å². The zero-order chi connectivity index (χ0) is 25.7. The normalized spacial score (nSPS) is 11.3. The van der Waals surface area contributed by atoms with Gasteiger partial charge in [-0.15, -0.1) is 0 Å². The fourth-order valence-corrected chi connectivity index (χ4v) is 4.31. The number of anilines is 3. The summed E-state index contributed by atoms with van der Waals surface area (Å²) in [5.74, 6) is 1.26. The van der Waals surface area contributed by atoms with E-state index in [0.29, 0.717) is 40.4 Å². The van der Waals surface area contributed by atoms with Crippen molar-refractivity contribution in [1.82, 2.24) is 19.7 Å². The van der Waals surface area contributed by atoms with Gasteiger partial charge in [-0.25, -0.2) is 9.97 Å². The molecule has 2 heterocycles. The number of aliphatic hydroxyl groups excluding tert-OH is 1. The summed E-state index contributed by atoms with van der Waals surface area (Å²) in [4.78, 5) is 9.09. The molecular weight excluding hydrogens is 488 g/mol. The molecule has 0 aliphatic carbocycles. The molecule has 0 aliphatic rings. The predicted molar refractivity (Wildman–Crippen MR) is 134 cm³/mol. The number of rotatable bonds is 11. The number of fused-ring (bicyclic) bond motifs is 1. The molecule has 12 nitrogen and oxygen atoms in total. The van der Waals surface area contributed by atoms with E-state index in [1.54, 1.807) is 43.4 Å². The number of benzene rings is 2. The Kier molecular flexibility index (Phi) is 7.41. The Morgan fingerprint density at radius 3 is 2.36 bits per heavy atom. The molecule has 2 aromatic carbocycles. The van der Waals surface area contributed by atoms with E-state index >= 15 is 0 Å². The fourth-order valence-electron chi connectivity index (χ4n) is 3.33. The van der Waals surface area contributed by atoms with Crippen molar-refractivity contribution in [2.24, 2.45) is 7.05 Å². The first-order chi connectivity index (χ1) is 17.3. The van der Waals surface area contributed by atoms with Gasteiger partial charge in [0.25, 0.3) is 10.0 Å². The number of aryl methyl sites for hydroxylation is 1. The standard InChI is InChI=1S/C23H26N6O6S/c1-29-10-9-20(27-29)36(31,32)28-23-22(24-16-7-4-5-8-17(16)25-23)26-18-13-15(33-2)14-19(34-3)21(18)35-12-6-11-30/h4-5,7-10,13-14,30H,6,11-12H2,1-3H3,(H,24,26)(H,25,28). The maximum absolute atomic E-state index is 13.0. The zero-order valence-corrected chi connectivity index (χ0v) is 20.7. The van der Waals surface area contributed by atoms with Crippen LogP contribution in [0.4, 0.5) is 17.3 Å². The molecule has 2 aromatic heterocycles. The van der Waals surface area contributed by atoms with Crippen LogP contribution in [0.2, 0.25) is 0 Å². The average Bonchev–Trinajstić information content (AvgIpc) is 3.32. The second-order valence-corrected chi connectivity index (χ2v) is 9.23. The SMILES string of the molecule is COc1cc(Nc2nc3ccccc3nc2NS(=O)(=O)c2ccn(C)n2)c(OCCCO)c(OC)c1. The maximum atomic E-state index is 13.0. The van der Waals surface area contributed by atoms with Gasteiger partial charge in [0.2, 0.25) is 0 Å². The molecule has 0 atom stereocenters. The molecule has 36 heavy (non-hydrogen) atoms. The van der Waals surface area contributed by atoms with Crippen molar-refractivity contribution in [3.63, 3.8) is 0 Å². The number of aliphatic hydroxyl groups is 1. The molecular formula is C23H26N6O6S. The van der Waals surface area contributed by atoms with Crippen LogP contribution in [0.5, 0.6) is 17.2 Å². The third-order valence-electron chi connectivity index (χ3n) is 5.05. The average molecular weight is 515 g/mol. The minimum Gasteiger partial charge on any atom is -0.497 e. The van der Waals surface area contributed by atoms with E-state index in [0.717, 1.165) is 0 Å². The number of ether oxygens (including phenoxy) is 3. The summed E-state index contributed by atoms with van der Waals surface area (Å²) in [5.41, 5.74) is 1.43. The molecule has 4 aromatic rings. The summed E-state index contributed by atoms with van der Waals surface area (Å²) >= 11 is 0. The highest BCUT2D eigenvalue weighted by Crippen LogP contribution is 2.41.